The molecule has 0 aliphatic carbocycles. The van der Waals surface area contributed by atoms with Crippen molar-refractivity contribution in [2.24, 2.45) is 0 Å². The van der Waals surface area contributed by atoms with Gasteiger partial charge in [-0.1, -0.05) is 11.6 Å². The molecule has 0 atom stereocenters. The molecule has 0 spiro atoms. The molecule has 0 saturated heterocycles. The van der Waals surface area contributed by atoms with Gasteiger partial charge in [0, 0.05) is 11.6 Å². The van der Waals surface area contributed by atoms with Crippen molar-refractivity contribution >= 4 is 34.2 Å². The third kappa shape index (κ3) is 3.38. The Morgan fingerprint density at radius 2 is 2.04 bits per heavy atom. The minimum atomic E-state index is -0.721. The molecular weight excluding hydrogens is 376 g/mol. The van der Waals surface area contributed by atoms with E-state index in [0.29, 0.717) is 5.65 Å². The molecule has 0 unspecified atom stereocenters. The molecule has 11 heteroatoms. The average Bonchev–Trinajstić information content (AvgIpc) is 3.02. The van der Waals surface area contributed by atoms with E-state index >= 15 is 0 Å². The molecule has 0 bridgehead atoms. The summed E-state index contributed by atoms with van der Waals surface area (Å²) >= 11 is 5.74. The van der Waals surface area contributed by atoms with Crippen LogP contribution in [0.3, 0.4) is 0 Å². The molecular formula is C16H15ClN6O4. The summed E-state index contributed by atoms with van der Waals surface area (Å²) in [6.45, 7) is 5.76. The number of rotatable bonds is 3. The van der Waals surface area contributed by atoms with Crippen molar-refractivity contribution in [2.75, 3.05) is 5.43 Å². The molecule has 2 heterocycles. The lowest BCUT2D eigenvalue weighted by molar-refractivity contribution is -0.384. The maximum Gasteiger partial charge on any atom is 0.288 e. The number of aromatic nitrogens is 4. The molecule has 140 valence electrons. The minimum absolute atomic E-state index is 0.0246. The van der Waals surface area contributed by atoms with Crippen molar-refractivity contribution in [1.82, 2.24) is 19.4 Å². The second kappa shape index (κ2) is 6.47. The second-order valence-corrected chi connectivity index (χ2v) is 7.16. The number of nitro groups is 1. The quantitative estimate of drug-likeness (QED) is 0.540. The first-order chi connectivity index (χ1) is 12.6. The van der Waals surface area contributed by atoms with E-state index in [9.17, 15) is 19.7 Å². The summed E-state index contributed by atoms with van der Waals surface area (Å²) in [5.41, 5.74) is 1.41. The van der Waals surface area contributed by atoms with Gasteiger partial charge in [0.05, 0.1) is 16.7 Å². The summed E-state index contributed by atoms with van der Waals surface area (Å²) in [6.07, 6.45) is 2.54. The number of nitrogens with zero attached hydrogens (tertiary/aromatic N) is 5. The maximum atomic E-state index is 12.6. The molecule has 10 nitrogen and oxygen atoms in total. The van der Waals surface area contributed by atoms with Crippen molar-refractivity contribution in [3.63, 3.8) is 0 Å². The predicted octanol–water partition coefficient (Wildman–Crippen LogP) is 2.29. The highest BCUT2D eigenvalue weighted by atomic mass is 35.5. The Labute approximate surface area is 157 Å². The molecule has 0 aliphatic rings. The van der Waals surface area contributed by atoms with Crippen molar-refractivity contribution in [3.05, 3.63) is 61.8 Å². The van der Waals surface area contributed by atoms with Gasteiger partial charge in [0.15, 0.2) is 5.65 Å². The molecule has 0 aliphatic heterocycles. The zero-order chi connectivity index (χ0) is 19.9. The Bertz CT molecular complexity index is 1130. The molecule has 1 amide bonds. The highest BCUT2D eigenvalue weighted by Gasteiger charge is 2.21. The van der Waals surface area contributed by atoms with E-state index in [4.69, 9.17) is 11.6 Å². The number of carbonyl (C=O) groups is 1. The standard InChI is InChI=1S/C16H15ClN6O4/c1-16(2,3)22-13-10(7-19-22)15(25)21(8-18-13)20-14(24)9-4-5-11(17)12(6-9)23(26)27/h4-8H,1-3H3,(H,20,24). The van der Waals surface area contributed by atoms with Crippen molar-refractivity contribution < 1.29 is 9.72 Å². The Hall–Kier alpha value is -3.27. The monoisotopic (exact) mass is 390 g/mol. The highest BCUT2D eigenvalue weighted by molar-refractivity contribution is 6.32. The number of halogens is 1. The maximum absolute atomic E-state index is 12.6. The molecule has 0 radical (unpaired) electrons. The average molecular weight is 391 g/mol. The second-order valence-electron chi connectivity index (χ2n) is 6.75. The summed E-state index contributed by atoms with van der Waals surface area (Å²) in [6, 6.07) is 3.60. The number of nitro benzene ring substituents is 1. The van der Waals surface area contributed by atoms with Gasteiger partial charge in [-0.15, -0.1) is 0 Å². The van der Waals surface area contributed by atoms with Crippen molar-refractivity contribution in [1.29, 1.82) is 0 Å². The zero-order valence-corrected chi connectivity index (χ0v) is 15.4. The van der Waals surface area contributed by atoms with Gasteiger partial charge in [0.2, 0.25) is 0 Å². The van der Waals surface area contributed by atoms with Crippen LogP contribution in [0.25, 0.3) is 11.0 Å². The molecule has 0 fully saturated rings. The van der Waals surface area contributed by atoms with Gasteiger partial charge in [-0.2, -0.15) is 5.10 Å². The number of carbonyl (C=O) groups excluding carboxylic acids is 1. The van der Waals surface area contributed by atoms with E-state index in [0.717, 1.165) is 17.1 Å². The van der Waals surface area contributed by atoms with Crippen LogP contribution >= 0.6 is 11.6 Å². The lowest BCUT2D eigenvalue weighted by Crippen LogP contribution is -2.33. The summed E-state index contributed by atoms with van der Waals surface area (Å²) in [5.74, 6) is -0.721. The summed E-state index contributed by atoms with van der Waals surface area (Å²) in [7, 11) is 0. The van der Waals surface area contributed by atoms with Gasteiger partial charge in [-0.3, -0.25) is 25.1 Å². The topological polar surface area (TPSA) is 125 Å². The van der Waals surface area contributed by atoms with Gasteiger partial charge in [0.25, 0.3) is 17.2 Å². The van der Waals surface area contributed by atoms with Crippen LogP contribution in [0.1, 0.15) is 31.1 Å². The van der Waals surface area contributed by atoms with E-state index in [1.165, 1.54) is 18.3 Å². The van der Waals surface area contributed by atoms with Crippen LogP contribution in [-0.4, -0.2) is 30.3 Å². The minimum Gasteiger partial charge on any atom is -0.267 e. The first-order valence-corrected chi connectivity index (χ1v) is 8.18. The first-order valence-electron chi connectivity index (χ1n) is 7.81. The fourth-order valence-corrected chi connectivity index (χ4v) is 2.64. The molecule has 3 aromatic rings. The third-order valence-corrected chi connectivity index (χ3v) is 4.07. The van der Waals surface area contributed by atoms with Crippen molar-refractivity contribution in [2.45, 2.75) is 26.3 Å². The molecule has 27 heavy (non-hydrogen) atoms. The lowest BCUT2D eigenvalue weighted by atomic mass is 10.1. The zero-order valence-electron chi connectivity index (χ0n) is 14.6. The van der Waals surface area contributed by atoms with Crippen LogP contribution in [0.15, 0.2) is 35.5 Å². The van der Waals surface area contributed by atoms with Crippen LogP contribution in [0.5, 0.6) is 0 Å². The van der Waals surface area contributed by atoms with Gasteiger partial charge < -0.3 is 0 Å². The van der Waals surface area contributed by atoms with Gasteiger partial charge >= 0.3 is 0 Å². The molecule has 1 N–H and O–H groups in total. The Balaban J connectivity index is 1.97. The van der Waals surface area contributed by atoms with Crippen LogP contribution in [-0.2, 0) is 5.54 Å². The summed E-state index contributed by atoms with van der Waals surface area (Å²) in [5, 5.41) is 15.3. The van der Waals surface area contributed by atoms with Gasteiger partial charge in [0.1, 0.15) is 16.7 Å². The number of benzene rings is 1. The van der Waals surface area contributed by atoms with Crippen LogP contribution < -0.4 is 11.0 Å². The van der Waals surface area contributed by atoms with E-state index in [2.05, 4.69) is 15.5 Å². The van der Waals surface area contributed by atoms with Gasteiger partial charge in [-0.05, 0) is 32.9 Å². The SMILES string of the molecule is CC(C)(C)n1ncc2c(=O)n(NC(=O)c3ccc(Cl)c([N+](=O)[O-])c3)cnc21. The van der Waals surface area contributed by atoms with Crippen molar-refractivity contribution in [3.8, 4) is 0 Å². The van der Waals surface area contributed by atoms with E-state index in [1.54, 1.807) is 4.68 Å². The number of nitrogens with one attached hydrogen (secondary N) is 1. The molecule has 0 saturated carbocycles. The van der Waals surface area contributed by atoms with Crippen LogP contribution in [0.2, 0.25) is 5.02 Å². The fourth-order valence-electron chi connectivity index (χ4n) is 2.45. The number of fused-ring (bicyclic) bond motifs is 1. The summed E-state index contributed by atoms with van der Waals surface area (Å²) in [4.78, 5) is 39.4. The highest BCUT2D eigenvalue weighted by Crippen LogP contribution is 2.25. The van der Waals surface area contributed by atoms with E-state index in [1.807, 2.05) is 20.8 Å². The van der Waals surface area contributed by atoms with Crippen LogP contribution in [0, 0.1) is 10.1 Å². The first kappa shape index (κ1) is 18.5. The lowest BCUT2D eigenvalue weighted by Gasteiger charge is -2.19. The van der Waals surface area contributed by atoms with Gasteiger partial charge in [-0.25, -0.2) is 14.3 Å². The van der Waals surface area contributed by atoms with E-state index < -0.39 is 22.1 Å². The van der Waals surface area contributed by atoms with E-state index in [-0.39, 0.29) is 21.5 Å². The molecule has 2 aromatic heterocycles. The van der Waals surface area contributed by atoms with Crippen LogP contribution in [0.4, 0.5) is 5.69 Å². The fraction of sp³-hybridized carbons (Fsp3) is 0.250. The largest absolute Gasteiger partial charge is 0.288 e. The number of hydrogen-bond acceptors (Lipinski definition) is 6. The Morgan fingerprint density at radius 1 is 1.33 bits per heavy atom. The third-order valence-electron chi connectivity index (χ3n) is 3.75. The smallest absolute Gasteiger partial charge is 0.267 e. The number of amides is 1. The normalized spacial score (nSPS) is 11.6. The summed E-state index contributed by atoms with van der Waals surface area (Å²) < 4.78 is 2.51. The molecule has 3 rings (SSSR count). The Morgan fingerprint density at radius 3 is 2.67 bits per heavy atom. The predicted molar refractivity (Wildman–Crippen MR) is 98.6 cm³/mol. The Kier molecular flexibility index (Phi) is 4.44. The molecule has 1 aromatic carbocycles. The number of hydrogen-bond donors (Lipinski definition) is 1.